The van der Waals surface area contributed by atoms with Crippen LogP contribution < -0.4 is 5.56 Å². The van der Waals surface area contributed by atoms with Crippen LogP contribution in [0, 0.1) is 6.92 Å². The summed E-state index contributed by atoms with van der Waals surface area (Å²) in [6.45, 7) is 1.80. The predicted octanol–water partition coefficient (Wildman–Crippen LogP) is 3.06. The Labute approximate surface area is 118 Å². The van der Waals surface area contributed by atoms with Crippen LogP contribution in [0.3, 0.4) is 0 Å². The molecular formula is C15H11NO3S. The molecule has 2 aromatic carbocycles. The summed E-state index contributed by atoms with van der Waals surface area (Å²) in [6, 6.07) is 12.3. The summed E-state index contributed by atoms with van der Waals surface area (Å²) in [5.41, 5.74) is 1.17. The van der Waals surface area contributed by atoms with E-state index in [1.54, 1.807) is 31.2 Å². The van der Waals surface area contributed by atoms with Gasteiger partial charge in [-0.15, -0.1) is 0 Å². The number of carboxylic acids is 1. The fourth-order valence-corrected chi connectivity index (χ4v) is 3.33. The normalized spacial score (nSPS) is 10.8. The zero-order valence-electron chi connectivity index (χ0n) is 10.7. The molecule has 0 aliphatic carbocycles. The second-order valence-corrected chi connectivity index (χ2v) is 5.45. The second-order valence-electron chi connectivity index (χ2n) is 4.46. The molecule has 0 aliphatic heterocycles. The molecule has 100 valence electrons. The van der Waals surface area contributed by atoms with E-state index in [1.807, 2.05) is 12.1 Å². The van der Waals surface area contributed by atoms with E-state index in [4.69, 9.17) is 0 Å². The van der Waals surface area contributed by atoms with Crippen LogP contribution in [0.5, 0.6) is 0 Å². The van der Waals surface area contributed by atoms with Gasteiger partial charge < -0.3 is 5.11 Å². The van der Waals surface area contributed by atoms with E-state index in [2.05, 4.69) is 0 Å². The highest BCUT2D eigenvalue weighted by Crippen LogP contribution is 2.24. The molecule has 0 spiro atoms. The molecule has 0 amide bonds. The van der Waals surface area contributed by atoms with E-state index in [0.29, 0.717) is 11.1 Å². The molecule has 1 heterocycles. The molecule has 0 fully saturated rings. The number of carbonyl (C=O) groups is 1. The first-order valence-corrected chi connectivity index (χ1v) is 6.81. The lowest BCUT2D eigenvalue weighted by Crippen LogP contribution is -2.15. The molecule has 5 heteroatoms. The van der Waals surface area contributed by atoms with Gasteiger partial charge in [0.05, 0.1) is 21.3 Å². The average molecular weight is 285 g/mol. The van der Waals surface area contributed by atoms with Gasteiger partial charge >= 0.3 is 5.97 Å². The summed E-state index contributed by atoms with van der Waals surface area (Å²) < 4.78 is 2.31. The Balaban J connectivity index is 2.40. The van der Waals surface area contributed by atoms with Gasteiger partial charge in [-0.2, -0.15) is 0 Å². The lowest BCUT2D eigenvalue weighted by Gasteiger charge is -2.08. The highest BCUT2D eigenvalue weighted by Gasteiger charge is 2.17. The van der Waals surface area contributed by atoms with Crippen molar-refractivity contribution in [2.45, 2.75) is 6.92 Å². The van der Waals surface area contributed by atoms with Gasteiger partial charge in [0.15, 0.2) is 0 Å². The third-order valence-electron chi connectivity index (χ3n) is 3.16. The first-order chi connectivity index (χ1) is 9.59. The molecular weight excluding hydrogens is 274 g/mol. The van der Waals surface area contributed by atoms with Crippen LogP contribution in [0.15, 0.2) is 47.3 Å². The molecule has 0 atom stereocenters. The Morgan fingerprint density at radius 1 is 1.15 bits per heavy atom. The number of aromatic nitrogens is 1. The quantitative estimate of drug-likeness (QED) is 0.787. The topological polar surface area (TPSA) is 59.3 Å². The van der Waals surface area contributed by atoms with E-state index in [-0.39, 0.29) is 11.1 Å². The van der Waals surface area contributed by atoms with Crippen molar-refractivity contribution in [2.24, 2.45) is 0 Å². The molecule has 3 aromatic rings. The number of nitrogens with zero attached hydrogens (tertiary/aromatic N) is 1. The van der Waals surface area contributed by atoms with Gasteiger partial charge in [0.25, 0.3) is 5.56 Å². The van der Waals surface area contributed by atoms with E-state index in [1.165, 1.54) is 21.6 Å². The SMILES string of the molecule is Cc1cccc(C(=O)O)c1-n1sc2ccccc2c1=O. The van der Waals surface area contributed by atoms with Crippen molar-refractivity contribution in [3.63, 3.8) is 0 Å². The van der Waals surface area contributed by atoms with Crippen LogP contribution >= 0.6 is 11.5 Å². The van der Waals surface area contributed by atoms with Gasteiger partial charge in [-0.1, -0.05) is 35.8 Å². The lowest BCUT2D eigenvalue weighted by atomic mass is 10.1. The number of benzene rings is 2. The van der Waals surface area contributed by atoms with Crippen molar-refractivity contribution >= 4 is 27.6 Å². The third-order valence-corrected chi connectivity index (χ3v) is 4.25. The minimum Gasteiger partial charge on any atom is -0.478 e. The van der Waals surface area contributed by atoms with Crippen molar-refractivity contribution in [3.8, 4) is 5.69 Å². The van der Waals surface area contributed by atoms with Crippen LogP contribution in [-0.4, -0.2) is 15.0 Å². The maximum Gasteiger partial charge on any atom is 0.337 e. The van der Waals surface area contributed by atoms with Crippen molar-refractivity contribution in [3.05, 3.63) is 63.9 Å². The number of rotatable bonds is 2. The molecule has 0 radical (unpaired) electrons. The lowest BCUT2D eigenvalue weighted by molar-refractivity contribution is 0.0697. The van der Waals surface area contributed by atoms with Gasteiger partial charge in [0.1, 0.15) is 0 Å². The Bertz CT molecular complexity index is 876. The van der Waals surface area contributed by atoms with Crippen LogP contribution in [0.1, 0.15) is 15.9 Å². The third kappa shape index (κ3) is 1.83. The van der Waals surface area contributed by atoms with Crippen LogP contribution in [0.4, 0.5) is 0 Å². The zero-order chi connectivity index (χ0) is 14.3. The summed E-state index contributed by atoms with van der Waals surface area (Å²) in [5.74, 6) is -1.03. The van der Waals surface area contributed by atoms with Gasteiger partial charge in [-0.05, 0) is 30.7 Å². The number of hydrogen-bond donors (Lipinski definition) is 1. The zero-order valence-corrected chi connectivity index (χ0v) is 11.5. The van der Waals surface area contributed by atoms with Gasteiger partial charge in [-0.25, -0.2) is 8.75 Å². The summed E-state index contributed by atoms with van der Waals surface area (Å²) in [4.78, 5) is 23.8. The van der Waals surface area contributed by atoms with Gasteiger partial charge in [0.2, 0.25) is 0 Å². The summed E-state index contributed by atoms with van der Waals surface area (Å²) >= 11 is 1.26. The molecule has 4 nitrogen and oxygen atoms in total. The van der Waals surface area contributed by atoms with E-state index < -0.39 is 5.97 Å². The van der Waals surface area contributed by atoms with E-state index >= 15 is 0 Å². The molecule has 0 saturated carbocycles. The average Bonchev–Trinajstić information content (AvgIpc) is 2.76. The first kappa shape index (κ1) is 12.6. The van der Waals surface area contributed by atoms with Crippen molar-refractivity contribution in [2.75, 3.05) is 0 Å². The van der Waals surface area contributed by atoms with Crippen LogP contribution in [0.25, 0.3) is 15.8 Å². The molecule has 1 aromatic heterocycles. The number of carboxylic acid groups (broad SMARTS) is 1. The molecule has 1 N–H and O–H groups in total. The largest absolute Gasteiger partial charge is 0.478 e. The highest BCUT2D eigenvalue weighted by atomic mass is 32.1. The number of aromatic carboxylic acids is 1. The van der Waals surface area contributed by atoms with Crippen LogP contribution in [0.2, 0.25) is 0 Å². The molecule has 20 heavy (non-hydrogen) atoms. The second kappa shape index (κ2) is 4.61. The fraction of sp³-hybridized carbons (Fsp3) is 0.0667. The number of hydrogen-bond acceptors (Lipinski definition) is 3. The smallest absolute Gasteiger partial charge is 0.337 e. The number of para-hydroxylation sites is 1. The van der Waals surface area contributed by atoms with Crippen molar-refractivity contribution < 1.29 is 9.90 Å². The van der Waals surface area contributed by atoms with Crippen LogP contribution in [-0.2, 0) is 0 Å². The molecule has 3 rings (SSSR count). The monoisotopic (exact) mass is 285 g/mol. The Morgan fingerprint density at radius 2 is 1.90 bits per heavy atom. The van der Waals surface area contributed by atoms with Gasteiger partial charge in [0, 0.05) is 0 Å². The fourth-order valence-electron chi connectivity index (χ4n) is 2.22. The Kier molecular flexibility index (Phi) is 2.91. The molecule has 0 unspecified atom stereocenters. The minimum absolute atomic E-state index is 0.138. The maximum atomic E-state index is 12.4. The van der Waals surface area contributed by atoms with Crippen molar-refractivity contribution in [1.82, 2.24) is 3.96 Å². The van der Waals surface area contributed by atoms with Crippen molar-refractivity contribution in [1.29, 1.82) is 0 Å². The van der Waals surface area contributed by atoms with E-state index in [9.17, 15) is 14.7 Å². The summed E-state index contributed by atoms with van der Waals surface area (Å²) in [5, 5.41) is 9.91. The Hall–Kier alpha value is -2.40. The molecule has 0 bridgehead atoms. The first-order valence-electron chi connectivity index (χ1n) is 6.04. The van der Waals surface area contributed by atoms with E-state index in [0.717, 1.165) is 10.3 Å². The molecule has 0 saturated heterocycles. The standard InChI is InChI=1S/C15H11NO3S/c1-9-5-4-7-11(15(18)19)13(9)16-14(17)10-6-2-3-8-12(10)20-16/h2-8H,1H3,(H,18,19). The minimum atomic E-state index is -1.03. The van der Waals surface area contributed by atoms with Gasteiger partial charge in [-0.3, -0.25) is 4.79 Å². The highest BCUT2D eigenvalue weighted by molar-refractivity contribution is 7.14. The molecule has 0 aliphatic rings. The number of fused-ring (bicyclic) bond motifs is 1. The summed E-state index contributed by atoms with van der Waals surface area (Å²) in [6.07, 6.45) is 0. The summed E-state index contributed by atoms with van der Waals surface area (Å²) in [7, 11) is 0. The Morgan fingerprint density at radius 3 is 2.60 bits per heavy atom. The number of aryl methyl sites for hydroxylation is 1. The maximum absolute atomic E-state index is 12.4. The predicted molar refractivity (Wildman–Crippen MR) is 79.1 cm³/mol.